The lowest BCUT2D eigenvalue weighted by Gasteiger charge is -1.60. The lowest BCUT2D eigenvalue weighted by molar-refractivity contribution is 0.915. The van der Waals surface area contributed by atoms with Crippen LogP contribution in [0.4, 0.5) is 0 Å². The SMILES string of the molecule is [2H]C12CC1([2H])C2. The highest BCUT2D eigenvalue weighted by molar-refractivity contribution is 5.02. The summed E-state index contributed by atoms with van der Waals surface area (Å²) < 4.78 is 14.3. The molecule has 0 aromatic carbocycles. The van der Waals surface area contributed by atoms with Crippen molar-refractivity contribution in [3.05, 3.63) is 0 Å². The van der Waals surface area contributed by atoms with Gasteiger partial charge in [-0.15, -0.1) is 0 Å². The average molecular weight is 56.1 g/mol. The minimum Gasteiger partial charge on any atom is -0.0470 e. The van der Waals surface area contributed by atoms with Crippen molar-refractivity contribution < 1.29 is 2.74 Å². The van der Waals surface area contributed by atoms with E-state index in [-0.39, 0.29) is 11.8 Å². The van der Waals surface area contributed by atoms with E-state index in [0.29, 0.717) is 0 Å². The molecule has 2 rings (SSSR count). The fourth-order valence-corrected chi connectivity index (χ4v) is 0.375. The third-order valence-electron chi connectivity index (χ3n) is 1.10. The lowest BCUT2D eigenvalue weighted by atomic mass is 10.5. The maximum Gasteiger partial charge on any atom is 0.0306 e. The zero-order chi connectivity index (χ0) is 4.41. The highest BCUT2D eigenvalue weighted by Gasteiger charge is 2.52. The van der Waals surface area contributed by atoms with Gasteiger partial charge in [-0.25, -0.2) is 0 Å². The van der Waals surface area contributed by atoms with Crippen molar-refractivity contribution in [3.63, 3.8) is 0 Å². The molecule has 2 fully saturated rings. The van der Waals surface area contributed by atoms with Gasteiger partial charge in [0.25, 0.3) is 0 Å². The average Bonchev–Trinajstić information content (AvgIpc) is 1.78. The topological polar surface area (TPSA) is 0 Å². The van der Waals surface area contributed by atoms with E-state index in [9.17, 15) is 0 Å². The molecule has 0 amide bonds. The number of fused-ring (bicyclic) bond motifs is 1. The molecule has 4 heavy (non-hydrogen) atoms. The van der Waals surface area contributed by atoms with Gasteiger partial charge in [-0.3, -0.25) is 0 Å². The molecule has 2 aliphatic carbocycles. The lowest BCUT2D eigenvalue weighted by Crippen LogP contribution is -1.47. The standard InChI is InChI=1S/C4H6/c1-3-2-4(1)3/h3-4H,1-2H2/i3D,4D. The van der Waals surface area contributed by atoms with Crippen LogP contribution in [-0.4, -0.2) is 0 Å². The third kappa shape index (κ3) is 0.0312. The Hall–Kier alpha value is 0. The van der Waals surface area contributed by atoms with Gasteiger partial charge in [0.1, 0.15) is 0 Å². The molecule has 0 saturated heterocycles. The smallest absolute Gasteiger partial charge is 0.0306 e. The van der Waals surface area contributed by atoms with E-state index in [1.807, 2.05) is 0 Å². The summed E-state index contributed by atoms with van der Waals surface area (Å²) in [6.45, 7) is 0. The van der Waals surface area contributed by atoms with Gasteiger partial charge in [0.2, 0.25) is 0 Å². The minimum absolute atomic E-state index is 0.229. The first kappa shape index (κ1) is 0.735. The van der Waals surface area contributed by atoms with Crippen molar-refractivity contribution in [2.24, 2.45) is 11.8 Å². The zero-order valence-electron chi connectivity index (χ0n) is 4.41. The van der Waals surface area contributed by atoms with Crippen LogP contribution in [0.3, 0.4) is 0 Å². The third-order valence-corrected chi connectivity index (χ3v) is 1.10. The highest BCUT2D eigenvalue weighted by atomic mass is 14.6. The number of rotatable bonds is 0. The first-order valence-electron chi connectivity index (χ1n) is 2.66. The summed E-state index contributed by atoms with van der Waals surface area (Å²) in [6.07, 6.45) is 1.69. The Morgan fingerprint density at radius 2 is 1.75 bits per heavy atom. The van der Waals surface area contributed by atoms with E-state index in [1.54, 1.807) is 0 Å². The second-order valence-corrected chi connectivity index (χ2v) is 1.56. The molecule has 0 spiro atoms. The Morgan fingerprint density at radius 3 is 1.75 bits per heavy atom. The zero-order valence-corrected chi connectivity index (χ0v) is 2.41. The summed E-state index contributed by atoms with van der Waals surface area (Å²) in [4.78, 5) is 0. The first-order valence-corrected chi connectivity index (χ1v) is 1.66. The van der Waals surface area contributed by atoms with Gasteiger partial charge < -0.3 is 0 Å². The van der Waals surface area contributed by atoms with Crippen LogP contribution in [0.15, 0.2) is 0 Å². The maximum absolute atomic E-state index is 7.13. The fraction of sp³-hybridized carbons (Fsp3) is 1.00. The summed E-state index contributed by atoms with van der Waals surface area (Å²) in [5.41, 5.74) is 0. The molecule has 0 heterocycles. The highest BCUT2D eigenvalue weighted by Crippen LogP contribution is 2.62. The molecule has 0 bridgehead atoms. The Morgan fingerprint density at radius 1 is 1.50 bits per heavy atom. The Labute approximate surface area is 28.6 Å². The molecule has 0 aromatic rings. The molecule has 2 aliphatic rings. The number of hydrogen-bond donors (Lipinski definition) is 0. The molecule has 0 nitrogen and oxygen atoms in total. The van der Waals surface area contributed by atoms with E-state index in [0.717, 1.165) is 12.8 Å². The Balaban J connectivity index is 2.34. The summed E-state index contributed by atoms with van der Waals surface area (Å²) in [7, 11) is 0. The van der Waals surface area contributed by atoms with Crippen LogP contribution in [0.1, 0.15) is 15.6 Å². The van der Waals surface area contributed by atoms with Crippen molar-refractivity contribution >= 4 is 0 Å². The van der Waals surface area contributed by atoms with Crippen molar-refractivity contribution in [3.8, 4) is 0 Å². The maximum atomic E-state index is 7.13. The van der Waals surface area contributed by atoms with Crippen molar-refractivity contribution in [2.75, 3.05) is 0 Å². The molecule has 22 valence electrons. The molecule has 2 saturated carbocycles. The molecule has 0 heteroatoms. The Bertz CT molecular complexity index is 90.1. The van der Waals surface area contributed by atoms with Gasteiger partial charge in [0, 0.05) is 2.74 Å². The van der Waals surface area contributed by atoms with E-state index >= 15 is 0 Å². The van der Waals surface area contributed by atoms with Crippen LogP contribution < -0.4 is 0 Å². The van der Waals surface area contributed by atoms with Gasteiger partial charge in [0.05, 0.1) is 0 Å². The van der Waals surface area contributed by atoms with Crippen LogP contribution in [0.5, 0.6) is 0 Å². The number of hydrogen-bond acceptors (Lipinski definition) is 0. The molecular formula is C4H6. The minimum atomic E-state index is -0.229. The van der Waals surface area contributed by atoms with Crippen LogP contribution in [0.25, 0.3) is 0 Å². The normalized spacial score (nSPS) is 110. The quantitative estimate of drug-likeness (QED) is 0.389. The van der Waals surface area contributed by atoms with Crippen LogP contribution in [0, 0.1) is 11.8 Å². The van der Waals surface area contributed by atoms with E-state index < -0.39 is 0 Å². The van der Waals surface area contributed by atoms with E-state index in [4.69, 9.17) is 2.74 Å². The molecule has 0 N–H and O–H groups in total. The molecule has 0 aliphatic heterocycles. The van der Waals surface area contributed by atoms with Gasteiger partial charge in [0.15, 0.2) is 0 Å². The van der Waals surface area contributed by atoms with Gasteiger partial charge in [-0.1, -0.05) is 0 Å². The van der Waals surface area contributed by atoms with Gasteiger partial charge >= 0.3 is 0 Å². The van der Waals surface area contributed by atoms with E-state index in [2.05, 4.69) is 0 Å². The second-order valence-electron chi connectivity index (χ2n) is 1.56. The van der Waals surface area contributed by atoms with Crippen LogP contribution >= 0.6 is 0 Å². The molecule has 0 atom stereocenters. The molecule has 0 unspecified atom stereocenters. The second kappa shape index (κ2) is 0.188. The molecule has 0 radical (unpaired) electrons. The fourth-order valence-electron chi connectivity index (χ4n) is 0.375. The first-order chi connectivity index (χ1) is 2.66. The molecule has 0 aromatic heterocycles. The summed E-state index contributed by atoms with van der Waals surface area (Å²) in [6, 6.07) is 0. The van der Waals surface area contributed by atoms with Crippen LogP contribution in [-0.2, 0) is 0 Å². The van der Waals surface area contributed by atoms with Crippen molar-refractivity contribution in [2.45, 2.75) is 12.8 Å². The predicted molar refractivity (Wildman–Crippen MR) is 16.2 cm³/mol. The van der Waals surface area contributed by atoms with Crippen LogP contribution in [0.2, 0.25) is 0 Å². The monoisotopic (exact) mass is 56.1 g/mol. The summed E-state index contributed by atoms with van der Waals surface area (Å²) >= 11 is 0. The Kier molecular flexibility index (Phi) is 0.0344. The van der Waals surface area contributed by atoms with E-state index in [1.165, 1.54) is 0 Å². The largest absolute Gasteiger partial charge is 0.0470 e. The predicted octanol–water partition coefficient (Wildman–Crippen LogP) is 1.03. The van der Waals surface area contributed by atoms with Gasteiger partial charge in [-0.05, 0) is 24.6 Å². The van der Waals surface area contributed by atoms with Crippen molar-refractivity contribution in [1.29, 1.82) is 0 Å². The molecular weight excluding hydrogens is 48.0 g/mol. The summed E-state index contributed by atoms with van der Waals surface area (Å²) in [5, 5.41) is 0. The summed E-state index contributed by atoms with van der Waals surface area (Å²) in [5.74, 6) is -0.458. The van der Waals surface area contributed by atoms with Gasteiger partial charge in [-0.2, -0.15) is 0 Å². The van der Waals surface area contributed by atoms with Crippen molar-refractivity contribution in [1.82, 2.24) is 0 Å².